The van der Waals surface area contributed by atoms with Crippen LogP contribution in [0.25, 0.3) is 60.7 Å². The van der Waals surface area contributed by atoms with Gasteiger partial charge in [-0.25, -0.2) is 4.98 Å². The molecule has 162 valence electrons. The largest absolute Gasteiger partial charge is 0.290 e. The molecule has 0 N–H and O–H groups in total. The molecule has 4 nitrogen and oxygen atoms in total. The molecule has 0 spiro atoms. The van der Waals surface area contributed by atoms with Crippen molar-refractivity contribution in [2.75, 3.05) is 0 Å². The maximum Gasteiger partial charge on any atom is 0.146 e. The summed E-state index contributed by atoms with van der Waals surface area (Å²) in [6.45, 7) is 0. The topological polar surface area (TPSA) is 43.1 Å². The lowest BCUT2D eigenvalue weighted by Crippen LogP contribution is -1.93. The van der Waals surface area contributed by atoms with E-state index >= 15 is 0 Å². The third kappa shape index (κ3) is 2.20. The predicted molar refractivity (Wildman–Crippen MR) is 140 cm³/mol. The van der Waals surface area contributed by atoms with Crippen LogP contribution in [-0.4, -0.2) is 19.4 Å². The zero-order valence-electron chi connectivity index (χ0n) is 18.8. The van der Waals surface area contributed by atoms with Crippen LogP contribution in [0.15, 0.2) is 85.3 Å². The second-order valence-corrected chi connectivity index (χ2v) is 9.74. The molecule has 3 aromatic carbocycles. The first-order chi connectivity index (χ1) is 17.3. The van der Waals surface area contributed by atoms with Crippen LogP contribution in [0.1, 0.15) is 22.3 Å². The number of hydrogen-bond acceptors (Lipinski definition) is 3. The minimum absolute atomic E-state index is 0.955. The Balaban J connectivity index is 1.35. The highest BCUT2D eigenvalue weighted by atomic mass is 15.0. The second-order valence-electron chi connectivity index (χ2n) is 9.74. The zero-order chi connectivity index (χ0) is 22.7. The number of nitrogens with zero attached hydrogens (tertiary/aromatic N) is 4. The van der Waals surface area contributed by atoms with Crippen molar-refractivity contribution >= 4 is 38.5 Å². The number of hydrogen-bond donors (Lipinski definition) is 0. The summed E-state index contributed by atoms with van der Waals surface area (Å²) < 4.78 is 2.28. The van der Waals surface area contributed by atoms with Gasteiger partial charge in [-0.1, -0.05) is 24.3 Å². The lowest BCUT2D eigenvalue weighted by atomic mass is 9.98. The van der Waals surface area contributed by atoms with E-state index in [-0.39, 0.29) is 0 Å². The van der Waals surface area contributed by atoms with Crippen LogP contribution in [0.4, 0.5) is 0 Å². The number of imidazole rings is 1. The molecule has 9 rings (SSSR count). The first-order valence-electron chi connectivity index (χ1n) is 12.0. The number of fused-ring (bicyclic) bond motifs is 14. The first kappa shape index (κ1) is 17.8. The van der Waals surface area contributed by atoms with Gasteiger partial charge in [-0.15, -0.1) is 0 Å². The molecule has 0 fully saturated rings. The third-order valence-electron chi connectivity index (χ3n) is 7.91. The quantitative estimate of drug-likeness (QED) is 0.243. The molecular weight excluding hydrogens is 428 g/mol. The van der Waals surface area contributed by atoms with Crippen molar-refractivity contribution in [1.82, 2.24) is 19.4 Å². The van der Waals surface area contributed by atoms with Gasteiger partial charge in [-0.05, 0) is 99.8 Å². The van der Waals surface area contributed by atoms with Gasteiger partial charge in [0.15, 0.2) is 0 Å². The summed E-state index contributed by atoms with van der Waals surface area (Å²) in [4.78, 5) is 14.2. The van der Waals surface area contributed by atoms with Crippen molar-refractivity contribution < 1.29 is 0 Å². The van der Waals surface area contributed by atoms with Crippen LogP contribution in [0.3, 0.4) is 0 Å². The van der Waals surface area contributed by atoms with E-state index in [9.17, 15) is 0 Å². The minimum atomic E-state index is 0.955. The Morgan fingerprint density at radius 2 is 1.43 bits per heavy atom. The van der Waals surface area contributed by atoms with E-state index in [0.717, 1.165) is 51.3 Å². The molecule has 2 aliphatic carbocycles. The van der Waals surface area contributed by atoms with Crippen LogP contribution < -0.4 is 0 Å². The molecule has 7 aromatic rings. The highest BCUT2D eigenvalue weighted by Gasteiger charge is 2.26. The molecule has 0 saturated heterocycles. The van der Waals surface area contributed by atoms with E-state index in [4.69, 9.17) is 9.97 Å². The summed E-state index contributed by atoms with van der Waals surface area (Å²) in [5.41, 5.74) is 16.3. The molecule has 0 radical (unpaired) electrons. The predicted octanol–water partition coefficient (Wildman–Crippen LogP) is 6.73. The summed E-state index contributed by atoms with van der Waals surface area (Å²) in [6, 6.07) is 24.5. The average Bonchev–Trinajstić information content (AvgIpc) is 3.56. The summed E-state index contributed by atoms with van der Waals surface area (Å²) in [7, 11) is 0. The van der Waals surface area contributed by atoms with Crippen LogP contribution in [0.2, 0.25) is 0 Å². The summed E-state index contributed by atoms with van der Waals surface area (Å²) in [6.07, 6.45) is 7.57. The van der Waals surface area contributed by atoms with Gasteiger partial charge in [0.1, 0.15) is 5.65 Å². The van der Waals surface area contributed by atoms with E-state index in [1.807, 2.05) is 24.7 Å². The number of aromatic nitrogens is 4. The monoisotopic (exact) mass is 446 g/mol. The Hall–Kier alpha value is -4.57. The van der Waals surface area contributed by atoms with Gasteiger partial charge in [-0.3, -0.25) is 14.4 Å². The molecule has 2 aliphatic rings. The van der Waals surface area contributed by atoms with Crippen molar-refractivity contribution in [3.05, 3.63) is 108 Å². The number of rotatable bonds is 0. The molecule has 4 heteroatoms. The Morgan fingerprint density at radius 1 is 0.629 bits per heavy atom. The second kappa shape index (κ2) is 6.10. The molecule has 4 heterocycles. The first-order valence-corrected chi connectivity index (χ1v) is 12.0. The normalized spacial score (nSPS) is 13.5. The Labute approximate surface area is 200 Å². The molecule has 0 saturated carbocycles. The summed E-state index contributed by atoms with van der Waals surface area (Å²) in [5.74, 6) is 0. The van der Waals surface area contributed by atoms with Crippen LogP contribution in [0, 0.1) is 0 Å². The van der Waals surface area contributed by atoms with Crippen molar-refractivity contribution in [3.63, 3.8) is 0 Å². The van der Waals surface area contributed by atoms with Gasteiger partial charge in [0.05, 0.1) is 22.1 Å². The van der Waals surface area contributed by atoms with Crippen molar-refractivity contribution in [2.45, 2.75) is 12.8 Å². The van der Waals surface area contributed by atoms with Gasteiger partial charge in [0, 0.05) is 29.4 Å². The highest BCUT2D eigenvalue weighted by molar-refractivity contribution is 6.12. The number of benzene rings is 3. The Morgan fingerprint density at radius 3 is 2.37 bits per heavy atom. The van der Waals surface area contributed by atoms with E-state index in [1.165, 1.54) is 44.5 Å². The van der Waals surface area contributed by atoms with E-state index in [1.54, 1.807) is 0 Å². The molecule has 0 unspecified atom stereocenters. The molecule has 0 aliphatic heterocycles. The van der Waals surface area contributed by atoms with Crippen LogP contribution >= 0.6 is 0 Å². The Bertz CT molecular complexity index is 2070. The van der Waals surface area contributed by atoms with Crippen molar-refractivity contribution in [2.24, 2.45) is 0 Å². The fourth-order valence-corrected chi connectivity index (χ4v) is 6.38. The van der Waals surface area contributed by atoms with E-state index in [2.05, 4.69) is 70.0 Å². The SMILES string of the molecule is c1ccc2c(c1)Cc1cc3c(cc1-2)Cc1cc2nc4c5ccncc5c5ncccc5n4c2cc1-3. The van der Waals surface area contributed by atoms with Crippen LogP contribution in [0.5, 0.6) is 0 Å². The fraction of sp³-hybridized carbons (Fsp3) is 0.0645. The average molecular weight is 447 g/mol. The van der Waals surface area contributed by atoms with E-state index in [0.29, 0.717) is 0 Å². The van der Waals surface area contributed by atoms with Crippen molar-refractivity contribution in [3.8, 4) is 22.3 Å². The van der Waals surface area contributed by atoms with Gasteiger partial charge < -0.3 is 0 Å². The smallest absolute Gasteiger partial charge is 0.146 e. The maximum absolute atomic E-state index is 5.13. The lowest BCUT2D eigenvalue weighted by Gasteiger charge is -2.08. The lowest BCUT2D eigenvalue weighted by molar-refractivity contribution is 1.24. The molecule has 0 bridgehead atoms. The number of pyridine rings is 3. The Kier molecular flexibility index (Phi) is 3.11. The highest BCUT2D eigenvalue weighted by Crippen LogP contribution is 2.46. The summed E-state index contributed by atoms with van der Waals surface area (Å²) in [5, 5.41) is 2.12. The molecule has 0 atom stereocenters. The molecular formula is C31H18N4. The van der Waals surface area contributed by atoms with Gasteiger partial charge in [0.25, 0.3) is 0 Å². The minimum Gasteiger partial charge on any atom is -0.290 e. The fourth-order valence-electron chi connectivity index (χ4n) is 6.38. The standard InChI is InChI=1S/C31H18N4/c1-2-5-21-17(4-1)10-18-13-24-19(12-23(18)21)11-20-14-27-29(15-25(20)24)35-28-6-3-8-33-30(28)26-16-32-9-7-22(26)31(35)34-27/h1-9,12-16H,10-11H2. The summed E-state index contributed by atoms with van der Waals surface area (Å²) >= 11 is 0. The van der Waals surface area contributed by atoms with Gasteiger partial charge in [-0.2, -0.15) is 0 Å². The molecule has 35 heavy (non-hydrogen) atoms. The van der Waals surface area contributed by atoms with Crippen LogP contribution in [-0.2, 0) is 12.8 Å². The third-order valence-corrected chi connectivity index (χ3v) is 7.91. The van der Waals surface area contributed by atoms with Gasteiger partial charge >= 0.3 is 0 Å². The van der Waals surface area contributed by atoms with Gasteiger partial charge in [0.2, 0.25) is 0 Å². The van der Waals surface area contributed by atoms with E-state index < -0.39 is 0 Å². The zero-order valence-corrected chi connectivity index (χ0v) is 18.8. The molecule has 4 aromatic heterocycles. The maximum atomic E-state index is 5.13. The van der Waals surface area contributed by atoms with Crippen molar-refractivity contribution in [1.29, 1.82) is 0 Å². The molecule has 0 amide bonds.